The Balaban J connectivity index is 1.69. The molecule has 2 aromatic carbocycles. The number of hydrogen-bond acceptors (Lipinski definition) is 4. The number of hydrogen-bond donors (Lipinski definition) is 1. The molecule has 3 rings (SSSR count). The number of rotatable bonds is 9. The van der Waals surface area contributed by atoms with E-state index >= 15 is 0 Å². The van der Waals surface area contributed by atoms with Crippen LogP contribution in [0.5, 0.6) is 11.5 Å². The lowest BCUT2D eigenvalue weighted by Gasteiger charge is -2.15. The fourth-order valence-corrected chi connectivity index (χ4v) is 3.15. The molecule has 6 heteroatoms. The van der Waals surface area contributed by atoms with Gasteiger partial charge in [0.05, 0.1) is 24.4 Å². The molecule has 1 aromatic heterocycles. The van der Waals surface area contributed by atoms with Crippen LogP contribution in [-0.4, -0.2) is 6.61 Å². The molecule has 4 nitrogen and oxygen atoms in total. The third-order valence-corrected chi connectivity index (χ3v) is 4.37. The Morgan fingerprint density at radius 1 is 0.963 bits per heavy atom. The Morgan fingerprint density at radius 2 is 1.85 bits per heavy atom. The molecular formula is C21H21Cl2NO3. The van der Waals surface area contributed by atoms with Gasteiger partial charge in [-0.05, 0) is 54.4 Å². The lowest BCUT2D eigenvalue weighted by atomic mass is 10.2. The van der Waals surface area contributed by atoms with Gasteiger partial charge in [0.2, 0.25) is 0 Å². The van der Waals surface area contributed by atoms with Gasteiger partial charge in [-0.1, -0.05) is 35.3 Å². The van der Waals surface area contributed by atoms with E-state index in [9.17, 15) is 0 Å². The standard InChI is InChI=1S/C21H21Cl2NO3/c1-2-25-20-11-16(12-24-13-18-7-4-8-26-18)10-19(23)21(20)27-14-15-5-3-6-17(22)9-15/h3-11,24H,2,12-14H2,1H3. The molecule has 27 heavy (non-hydrogen) atoms. The van der Waals surface area contributed by atoms with E-state index in [1.54, 1.807) is 6.26 Å². The van der Waals surface area contributed by atoms with Crippen LogP contribution in [0.4, 0.5) is 0 Å². The van der Waals surface area contributed by atoms with Gasteiger partial charge in [-0.2, -0.15) is 0 Å². The maximum Gasteiger partial charge on any atom is 0.180 e. The molecule has 3 aromatic rings. The van der Waals surface area contributed by atoms with Gasteiger partial charge in [-0.15, -0.1) is 0 Å². The first kappa shape index (κ1) is 19.6. The first-order valence-corrected chi connectivity index (χ1v) is 9.47. The van der Waals surface area contributed by atoms with Gasteiger partial charge in [-0.25, -0.2) is 0 Å². The average molecular weight is 406 g/mol. The highest BCUT2D eigenvalue weighted by atomic mass is 35.5. The number of halogens is 2. The largest absolute Gasteiger partial charge is 0.490 e. The van der Waals surface area contributed by atoms with Crippen molar-refractivity contribution in [2.75, 3.05) is 6.61 Å². The van der Waals surface area contributed by atoms with Crippen LogP contribution in [0.1, 0.15) is 23.8 Å². The van der Waals surface area contributed by atoms with E-state index in [0.29, 0.717) is 47.8 Å². The first-order chi connectivity index (χ1) is 13.2. The van der Waals surface area contributed by atoms with Crippen molar-refractivity contribution in [3.8, 4) is 11.5 Å². The minimum Gasteiger partial charge on any atom is -0.490 e. The van der Waals surface area contributed by atoms with E-state index in [4.69, 9.17) is 37.1 Å². The van der Waals surface area contributed by atoms with Gasteiger partial charge in [0.1, 0.15) is 12.4 Å². The monoisotopic (exact) mass is 405 g/mol. The summed E-state index contributed by atoms with van der Waals surface area (Å²) in [5, 5.41) is 4.50. The lowest BCUT2D eigenvalue weighted by Crippen LogP contribution is -2.12. The highest BCUT2D eigenvalue weighted by molar-refractivity contribution is 6.32. The molecule has 1 N–H and O–H groups in total. The molecule has 0 fully saturated rings. The molecule has 0 aliphatic rings. The molecule has 0 bridgehead atoms. The minimum atomic E-state index is 0.358. The minimum absolute atomic E-state index is 0.358. The zero-order valence-corrected chi connectivity index (χ0v) is 16.5. The Hall–Kier alpha value is -2.14. The highest BCUT2D eigenvalue weighted by Gasteiger charge is 2.13. The van der Waals surface area contributed by atoms with E-state index in [0.717, 1.165) is 16.9 Å². The van der Waals surface area contributed by atoms with Crippen molar-refractivity contribution >= 4 is 23.2 Å². The highest BCUT2D eigenvalue weighted by Crippen LogP contribution is 2.37. The second-order valence-corrected chi connectivity index (χ2v) is 6.78. The van der Waals surface area contributed by atoms with Gasteiger partial charge in [-0.3, -0.25) is 0 Å². The Kier molecular flexibility index (Phi) is 7.04. The van der Waals surface area contributed by atoms with Gasteiger partial charge in [0.15, 0.2) is 11.5 Å². The summed E-state index contributed by atoms with van der Waals surface area (Å²) in [6.07, 6.45) is 1.66. The molecule has 0 amide bonds. The van der Waals surface area contributed by atoms with Crippen molar-refractivity contribution in [2.24, 2.45) is 0 Å². The first-order valence-electron chi connectivity index (χ1n) is 8.71. The van der Waals surface area contributed by atoms with Gasteiger partial charge in [0, 0.05) is 11.6 Å². The fourth-order valence-electron chi connectivity index (χ4n) is 2.65. The van der Waals surface area contributed by atoms with Crippen molar-refractivity contribution in [3.05, 3.63) is 81.7 Å². The van der Waals surface area contributed by atoms with E-state index in [1.807, 2.05) is 55.5 Å². The van der Waals surface area contributed by atoms with Gasteiger partial charge >= 0.3 is 0 Å². The molecule has 142 valence electrons. The number of ether oxygens (including phenoxy) is 2. The smallest absolute Gasteiger partial charge is 0.180 e. The van der Waals surface area contributed by atoms with E-state index in [-0.39, 0.29) is 0 Å². The Labute approximate surface area is 169 Å². The maximum absolute atomic E-state index is 6.47. The molecule has 0 saturated carbocycles. The number of nitrogens with one attached hydrogen (secondary N) is 1. The topological polar surface area (TPSA) is 43.6 Å². The van der Waals surface area contributed by atoms with Crippen molar-refractivity contribution in [1.29, 1.82) is 0 Å². The summed E-state index contributed by atoms with van der Waals surface area (Å²) in [4.78, 5) is 0. The van der Waals surface area contributed by atoms with Crippen LogP contribution in [0, 0.1) is 0 Å². The van der Waals surface area contributed by atoms with E-state index in [2.05, 4.69) is 5.32 Å². The molecule has 0 aliphatic carbocycles. The number of benzene rings is 2. The zero-order chi connectivity index (χ0) is 19.1. The van der Waals surface area contributed by atoms with Crippen LogP contribution < -0.4 is 14.8 Å². The summed E-state index contributed by atoms with van der Waals surface area (Å²) in [5.74, 6) is 2.04. The quantitative estimate of drug-likeness (QED) is 0.484. The van der Waals surface area contributed by atoms with Crippen molar-refractivity contribution in [2.45, 2.75) is 26.6 Å². The summed E-state index contributed by atoms with van der Waals surface area (Å²) in [5.41, 5.74) is 1.97. The van der Waals surface area contributed by atoms with Crippen LogP contribution >= 0.6 is 23.2 Å². The second kappa shape index (κ2) is 9.70. The fraction of sp³-hybridized carbons (Fsp3) is 0.238. The van der Waals surface area contributed by atoms with Crippen molar-refractivity contribution in [1.82, 2.24) is 5.32 Å². The normalized spacial score (nSPS) is 10.8. The molecule has 0 spiro atoms. The Morgan fingerprint density at radius 3 is 2.59 bits per heavy atom. The third kappa shape index (κ3) is 5.67. The number of furan rings is 1. The zero-order valence-electron chi connectivity index (χ0n) is 15.0. The summed E-state index contributed by atoms with van der Waals surface area (Å²) in [7, 11) is 0. The molecule has 1 heterocycles. The Bertz CT molecular complexity index is 866. The summed E-state index contributed by atoms with van der Waals surface area (Å²) in [6, 6.07) is 15.2. The summed E-state index contributed by atoms with van der Waals surface area (Å²) < 4.78 is 17.0. The molecule has 0 aliphatic heterocycles. The van der Waals surface area contributed by atoms with Crippen molar-refractivity contribution in [3.63, 3.8) is 0 Å². The van der Waals surface area contributed by atoms with E-state index < -0.39 is 0 Å². The van der Waals surface area contributed by atoms with Crippen LogP contribution in [0.3, 0.4) is 0 Å². The predicted octanol–water partition coefficient (Wildman–Crippen LogP) is 5.85. The summed E-state index contributed by atoms with van der Waals surface area (Å²) >= 11 is 12.5. The summed E-state index contributed by atoms with van der Waals surface area (Å²) in [6.45, 7) is 4.08. The predicted molar refractivity (Wildman–Crippen MR) is 108 cm³/mol. The second-order valence-electron chi connectivity index (χ2n) is 5.94. The average Bonchev–Trinajstić information content (AvgIpc) is 3.15. The van der Waals surface area contributed by atoms with Crippen molar-refractivity contribution < 1.29 is 13.9 Å². The molecule has 0 saturated heterocycles. The van der Waals surface area contributed by atoms with Crippen LogP contribution in [-0.2, 0) is 19.7 Å². The van der Waals surface area contributed by atoms with E-state index in [1.165, 1.54) is 0 Å². The van der Waals surface area contributed by atoms with Crippen LogP contribution in [0.15, 0.2) is 59.2 Å². The molecular weight excluding hydrogens is 385 g/mol. The molecule has 0 atom stereocenters. The van der Waals surface area contributed by atoms with Crippen LogP contribution in [0.25, 0.3) is 0 Å². The molecule has 0 unspecified atom stereocenters. The van der Waals surface area contributed by atoms with Gasteiger partial charge < -0.3 is 19.2 Å². The third-order valence-electron chi connectivity index (χ3n) is 3.85. The van der Waals surface area contributed by atoms with Crippen LogP contribution in [0.2, 0.25) is 10.0 Å². The SMILES string of the molecule is CCOc1cc(CNCc2ccco2)cc(Cl)c1OCc1cccc(Cl)c1. The van der Waals surface area contributed by atoms with Gasteiger partial charge in [0.25, 0.3) is 0 Å². The molecule has 0 radical (unpaired) electrons. The maximum atomic E-state index is 6.47. The lowest BCUT2D eigenvalue weighted by molar-refractivity contribution is 0.269.